The lowest BCUT2D eigenvalue weighted by Crippen LogP contribution is -2.30. The fraction of sp³-hybridized carbons (Fsp3) is 0.571. The number of nitrogens with zero attached hydrogens (tertiary/aromatic N) is 1. The Morgan fingerprint density at radius 3 is 2.33 bits per heavy atom. The highest BCUT2D eigenvalue weighted by molar-refractivity contribution is 5.44. The molecule has 0 fully saturated rings. The van der Waals surface area contributed by atoms with Crippen LogP contribution in [-0.4, -0.2) is 41.4 Å². The van der Waals surface area contributed by atoms with E-state index in [1.165, 1.54) is 0 Å². The summed E-state index contributed by atoms with van der Waals surface area (Å²) in [6.45, 7) is 8.97. The predicted octanol–water partition coefficient (Wildman–Crippen LogP) is 2.52. The Hall–Kier alpha value is -1.26. The standard InChI is InChI=1S/C14H23NO3/c1-4-15(9-10-18-5-2)11(3)14-12(16)7-6-8-13(14)17/h6-8,11,16-17H,4-5,9-10H2,1-3H3. The maximum Gasteiger partial charge on any atom is 0.124 e. The molecule has 4 nitrogen and oxygen atoms in total. The second-order valence-electron chi connectivity index (χ2n) is 4.21. The predicted molar refractivity (Wildman–Crippen MR) is 71.9 cm³/mol. The Morgan fingerprint density at radius 1 is 1.22 bits per heavy atom. The van der Waals surface area contributed by atoms with Crippen LogP contribution in [0.2, 0.25) is 0 Å². The third-order valence-corrected chi connectivity index (χ3v) is 3.16. The fourth-order valence-corrected chi connectivity index (χ4v) is 2.10. The molecule has 0 amide bonds. The molecule has 102 valence electrons. The van der Waals surface area contributed by atoms with Gasteiger partial charge in [-0.3, -0.25) is 4.90 Å². The van der Waals surface area contributed by atoms with Crippen molar-refractivity contribution in [2.24, 2.45) is 0 Å². The first kappa shape index (κ1) is 14.8. The van der Waals surface area contributed by atoms with Crippen molar-refractivity contribution in [2.45, 2.75) is 26.8 Å². The van der Waals surface area contributed by atoms with E-state index in [9.17, 15) is 10.2 Å². The number of rotatable bonds is 7. The van der Waals surface area contributed by atoms with Crippen LogP contribution < -0.4 is 0 Å². The molecule has 0 bridgehead atoms. The Morgan fingerprint density at radius 2 is 1.83 bits per heavy atom. The average molecular weight is 253 g/mol. The molecule has 1 aromatic rings. The van der Waals surface area contributed by atoms with Crippen molar-refractivity contribution in [3.63, 3.8) is 0 Å². The van der Waals surface area contributed by atoms with Crippen LogP contribution in [0.5, 0.6) is 11.5 Å². The molecule has 0 aliphatic carbocycles. The van der Waals surface area contributed by atoms with E-state index in [0.717, 1.165) is 13.1 Å². The molecule has 1 aromatic carbocycles. The molecule has 2 N–H and O–H groups in total. The summed E-state index contributed by atoms with van der Waals surface area (Å²) in [6, 6.07) is 4.79. The van der Waals surface area contributed by atoms with E-state index in [1.54, 1.807) is 18.2 Å². The van der Waals surface area contributed by atoms with Crippen LogP contribution in [0.1, 0.15) is 32.4 Å². The summed E-state index contributed by atoms with van der Waals surface area (Å²) >= 11 is 0. The van der Waals surface area contributed by atoms with Gasteiger partial charge in [-0.25, -0.2) is 0 Å². The topological polar surface area (TPSA) is 52.9 Å². The first-order chi connectivity index (χ1) is 8.61. The van der Waals surface area contributed by atoms with Crippen LogP contribution in [0.25, 0.3) is 0 Å². The lowest BCUT2D eigenvalue weighted by atomic mass is 10.0. The molecule has 0 saturated carbocycles. The van der Waals surface area contributed by atoms with Crippen molar-refractivity contribution < 1.29 is 14.9 Å². The summed E-state index contributed by atoms with van der Waals surface area (Å²) in [7, 11) is 0. The first-order valence-corrected chi connectivity index (χ1v) is 6.44. The van der Waals surface area contributed by atoms with Gasteiger partial charge in [0.25, 0.3) is 0 Å². The van der Waals surface area contributed by atoms with E-state index in [4.69, 9.17) is 4.74 Å². The van der Waals surface area contributed by atoms with Crippen molar-refractivity contribution in [3.8, 4) is 11.5 Å². The molecule has 0 radical (unpaired) electrons. The minimum atomic E-state index is -0.0448. The van der Waals surface area contributed by atoms with Crippen LogP contribution in [-0.2, 0) is 4.74 Å². The van der Waals surface area contributed by atoms with E-state index in [0.29, 0.717) is 18.8 Å². The summed E-state index contributed by atoms with van der Waals surface area (Å²) in [5, 5.41) is 19.7. The number of phenols is 2. The molecular formula is C14H23NO3. The number of benzene rings is 1. The van der Waals surface area contributed by atoms with Gasteiger partial charge in [0, 0.05) is 19.2 Å². The molecule has 1 atom stereocenters. The Kier molecular flexibility index (Phi) is 5.95. The van der Waals surface area contributed by atoms with Crippen molar-refractivity contribution >= 4 is 0 Å². The molecule has 0 aliphatic heterocycles. The van der Waals surface area contributed by atoms with E-state index in [-0.39, 0.29) is 17.5 Å². The van der Waals surface area contributed by atoms with Gasteiger partial charge in [-0.15, -0.1) is 0 Å². The normalized spacial score (nSPS) is 12.9. The quantitative estimate of drug-likeness (QED) is 0.733. The molecule has 0 spiro atoms. The lowest BCUT2D eigenvalue weighted by Gasteiger charge is -2.28. The number of aromatic hydroxyl groups is 2. The number of likely N-dealkylation sites (N-methyl/N-ethyl adjacent to an activating group) is 1. The van der Waals surface area contributed by atoms with E-state index in [2.05, 4.69) is 11.8 Å². The SMILES string of the molecule is CCOCCN(CC)C(C)c1c(O)cccc1O. The van der Waals surface area contributed by atoms with Crippen LogP contribution in [0.15, 0.2) is 18.2 Å². The maximum absolute atomic E-state index is 9.86. The highest BCUT2D eigenvalue weighted by atomic mass is 16.5. The third-order valence-electron chi connectivity index (χ3n) is 3.16. The number of phenolic OH excluding ortho intramolecular Hbond substituents is 2. The number of hydrogen-bond donors (Lipinski definition) is 2. The van der Waals surface area contributed by atoms with Crippen molar-refractivity contribution in [3.05, 3.63) is 23.8 Å². The monoisotopic (exact) mass is 253 g/mol. The largest absolute Gasteiger partial charge is 0.507 e. The zero-order chi connectivity index (χ0) is 13.5. The van der Waals surface area contributed by atoms with Crippen molar-refractivity contribution in [2.75, 3.05) is 26.3 Å². The minimum absolute atomic E-state index is 0.0448. The van der Waals surface area contributed by atoms with Crippen LogP contribution >= 0.6 is 0 Å². The van der Waals surface area contributed by atoms with E-state index >= 15 is 0 Å². The zero-order valence-corrected chi connectivity index (χ0v) is 11.4. The zero-order valence-electron chi connectivity index (χ0n) is 11.4. The second kappa shape index (κ2) is 7.24. The molecule has 4 heteroatoms. The van der Waals surface area contributed by atoms with Crippen molar-refractivity contribution in [1.29, 1.82) is 0 Å². The van der Waals surface area contributed by atoms with Gasteiger partial charge in [0.15, 0.2) is 0 Å². The first-order valence-electron chi connectivity index (χ1n) is 6.44. The Bertz CT molecular complexity index is 348. The molecule has 0 aliphatic rings. The van der Waals surface area contributed by atoms with E-state index < -0.39 is 0 Å². The summed E-state index contributed by atoms with van der Waals surface area (Å²) in [6.07, 6.45) is 0. The molecular weight excluding hydrogens is 230 g/mol. The molecule has 1 unspecified atom stereocenters. The van der Waals surface area contributed by atoms with Gasteiger partial charge in [-0.1, -0.05) is 13.0 Å². The van der Waals surface area contributed by atoms with Crippen LogP contribution in [0.4, 0.5) is 0 Å². The average Bonchev–Trinajstić information content (AvgIpc) is 2.34. The summed E-state index contributed by atoms with van der Waals surface area (Å²) in [5.74, 6) is 0.273. The van der Waals surface area contributed by atoms with Gasteiger partial charge in [0.05, 0.1) is 12.2 Å². The van der Waals surface area contributed by atoms with Gasteiger partial charge in [0.1, 0.15) is 11.5 Å². The summed E-state index contributed by atoms with van der Waals surface area (Å²) in [5.41, 5.74) is 0.579. The molecule has 18 heavy (non-hydrogen) atoms. The molecule has 1 rings (SSSR count). The third kappa shape index (κ3) is 3.62. The number of hydrogen-bond acceptors (Lipinski definition) is 4. The van der Waals surface area contributed by atoms with Crippen molar-refractivity contribution in [1.82, 2.24) is 4.90 Å². The Balaban J connectivity index is 2.79. The highest BCUT2D eigenvalue weighted by Crippen LogP contribution is 2.35. The summed E-state index contributed by atoms with van der Waals surface area (Å²) < 4.78 is 5.35. The maximum atomic E-state index is 9.86. The number of ether oxygens (including phenoxy) is 1. The van der Waals surface area contributed by atoms with Gasteiger partial charge in [-0.2, -0.15) is 0 Å². The van der Waals surface area contributed by atoms with Gasteiger partial charge in [-0.05, 0) is 32.5 Å². The summed E-state index contributed by atoms with van der Waals surface area (Å²) in [4.78, 5) is 2.16. The van der Waals surface area contributed by atoms with Gasteiger partial charge >= 0.3 is 0 Å². The molecule has 0 saturated heterocycles. The minimum Gasteiger partial charge on any atom is -0.507 e. The van der Waals surface area contributed by atoms with E-state index in [1.807, 2.05) is 13.8 Å². The highest BCUT2D eigenvalue weighted by Gasteiger charge is 2.20. The van der Waals surface area contributed by atoms with Gasteiger partial charge < -0.3 is 14.9 Å². The lowest BCUT2D eigenvalue weighted by molar-refractivity contribution is 0.0990. The fourth-order valence-electron chi connectivity index (χ4n) is 2.10. The van der Waals surface area contributed by atoms with Gasteiger partial charge in [0.2, 0.25) is 0 Å². The smallest absolute Gasteiger partial charge is 0.124 e. The molecule has 0 aromatic heterocycles. The van der Waals surface area contributed by atoms with Crippen LogP contribution in [0, 0.1) is 0 Å². The Labute approximate surface area is 109 Å². The second-order valence-corrected chi connectivity index (χ2v) is 4.21. The van der Waals surface area contributed by atoms with Crippen LogP contribution in [0.3, 0.4) is 0 Å². The molecule has 0 heterocycles.